The second kappa shape index (κ2) is 14.2. The summed E-state index contributed by atoms with van der Waals surface area (Å²) < 4.78 is 62.3. The van der Waals surface area contributed by atoms with Gasteiger partial charge in [-0.25, -0.2) is 19.1 Å². The monoisotopic (exact) mass is 803 g/mol. The second-order valence-corrected chi connectivity index (χ2v) is 15.0. The first-order chi connectivity index (χ1) is 25.5. The first kappa shape index (κ1) is 37.6. The molecule has 0 aliphatic carbocycles. The number of aliphatic hydroxyl groups excluding tert-OH is 1. The average molecular weight is 804 g/mol. The van der Waals surface area contributed by atoms with E-state index in [9.17, 15) is 43.2 Å². The van der Waals surface area contributed by atoms with Crippen molar-refractivity contribution in [2.45, 2.75) is 68.3 Å². The number of nitrogen functional groups attached to an aromatic ring is 2. The Labute approximate surface area is 298 Å². The minimum absolute atomic E-state index is 0.101. The third-order valence-corrected chi connectivity index (χ3v) is 10.5. The molecule has 3 saturated heterocycles. The van der Waals surface area contributed by atoms with Crippen molar-refractivity contribution in [1.29, 1.82) is 0 Å². The van der Waals surface area contributed by atoms with Crippen molar-refractivity contribution in [3.63, 3.8) is 0 Å². The van der Waals surface area contributed by atoms with Crippen LogP contribution in [0.4, 0.5) is 11.9 Å². The van der Waals surface area contributed by atoms with Gasteiger partial charge in [-0.05, 0) is 6.42 Å². The summed E-state index contributed by atoms with van der Waals surface area (Å²) in [5, 5.41) is 22.8. The van der Waals surface area contributed by atoms with E-state index in [0.717, 1.165) is 21.8 Å². The Morgan fingerprint density at radius 3 is 1.91 bits per heavy atom. The van der Waals surface area contributed by atoms with Gasteiger partial charge in [-0.15, -0.1) is 0 Å². The molecule has 0 spiro atoms. The van der Waals surface area contributed by atoms with Crippen LogP contribution in [0.25, 0.3) is 22.3 Å². The smallest absolute Gasteiger partial charge is 0.472 e. The molecule has 3 aliphatic heterocycles. The fourth-order valence-electron chi connectivity index (χ4n) is 6.23. The van der Waals surface area contributed by atoms with E-state index in [1.165, 1.54) is 0 Å². The van der Waals surface area contributed by atoms with Crippen molar-refractivity contribution in [2.24, 2.45) is 0 Å². The van der Waals surface area contributed by atoms with Crippen LogP contribution in [0.2, 0.25) is 0 Å². The summed E-state index contributed by atoms with van der Waals surface area (Å²) in [5.74, 6) is -2.57. The number of amides is 1. The number of carboxylic acids is 1. The number of nitrogens with one attached hydrogen (secondary N) is 3. The van der Waals surface area contributed by atoms with Crippen LogP contribution in [0.5, 0.6) is 0 Å². The molecule has 54 heavy (non-hydrogen) atoms. The van der Waals surface area contributed by atoms with Gasteiger partial charge >= 0.3 is 21.6 Å². The molecule has 27 nitrogen and oxygen atoms in total. The minimum atomic E-state index is -5.25. The first-order valence-electron chi connectivity index (χ1n) is 15.8. The molecule has 0 aromatic carbocycles. The van der Waals surface area contributed by atoms with E-state index >= 15 is 0 Å². The lowest BCUT2D eigenvalue weighted by Gasteiger charge is -2.29. The summed E-state index contributed by atoms with van der Waals surface area (Å²) in [5.41, 5.74) is 9.20. The highest BCUT2D eigenvalue weighted by Crippen LogP contribution is 2.53. The van der Waals surface area contributed by atoms with Gasteiger partial charge in [0.1, 0.15) is 36.6 Å². The number of hydrogen-bond acceptors (Lipinski definition) is 19. The normalized spacial score (nSPS) is 33.2. The Balaban J connectivity index is 1.20. The molecule has 0 radical (unpaired) electrons. The molecule has 7 rings (SSSR count). The largest absolute Gasteiger partial charge is 0.481 e. The number of phosphoric ester groups is 2. The maximum Gasteiger partial charge on any atom is 0.472 e. The van der Waals surface area contributed by atoms with Crippen molar-refractivity contribution < 1.29 is 66.3 Å². The number of ether oxygens (including phenoxy) is 2. The van der Waals surface area contributed by atoms with Crippen molar-refractivity contribution >= 4 is 61.7 Å². The zero-order valence-corrected chi connectivity index (χ0v) is 29.0. The zero-order valence-electron chi connectivity index (χ0n) is 27.2. The van der Waals surface area contributed by atoms with Gasteiger partial charge < -0.3 is 46.3 Å². The SMILES string of the molecule is Nc1nc2c(ncn2[C@@H]2O[C@@H]3COP(=O)(O)OC4[C@@H](COP(=O)(O)OC3[C@@H]2O)O[C@@H](n2cnc3c(=O)[nH]c(N)nc32)[C@H]4NC(=O)CCCC(=O)O)c(=O)[nH]1. The van der Waals surface area contributed by atoms with Crippen molar-refractivity contribution in [1.82, 2.24) is 44.4 Å². The number of phosphoric acid groups is 2. The third kappa shape index (κ3) is 7.38. The summed E-state index contributed by atoms with van der Waals surface area (Å²) in [6, 6.07) is -1.50. The summed E-state index contributed by atoms with van der Waals surface area (Å²) in [6.07, 6.45) is -10.2. The van der Waals surface area contributed by atoms with E-state index < -0.39 is 101 Å². The summed E-state index contributed by atoms with van der Waals surface area (Å²) in [7, 11) is -10.5. The van der Waals surface area contributed by atoms with Gasteiger partial charge in [0.2, 0.25) is 17.8 Å². The van der Waals surface area contributed by atoms with Crippen molar-refractivity contribution in [2.75, 3.05) is 24.7 Å². The van der Waals surface area contributed by atoms with E-state index in [0.29, 0.717) is 0 Å². The highest BCUT2D eigenvalue weighted by Gasteiger charge is 2.54. The number of hydrogen-bond donors (Lipinski definition) is 9. The topological polar surface area (TPSA) is 396 Å². The van der Waals surface area contributed by atoms with Crippen LogP contribution in [0.15, 0.2) is 22.2 Å². The lowest BCUT2D eigenvalue weighted by atomic mass is 10.1. The summed E-state index contributed by atoms with van der Waals surface area (Å²) >= 11 is 0. The predicted octanol–water partition coefficient (Wildman–Crippen LogP) is -2.67. The molecule has 4 aromatic heterocycles. The number of aromatic amines is 2. The number of rotatable bonds is 7. The fraction of sp³-hybridized carbons (Fsp3) is 0.520. The van der Waals surface area contributed by atoms with Crippen LogP contribution in [-0.4, -0.2) is 121 Å². The number of H-pyrrole nitrogens is 2. The van der Waals surface area contributed by atoms with Gasteiger partial charge in [0.25, 0.3) is 11.1 Å². The molecular weight excluding hydrogens is 772 g/mol. The first-order valence-corrected chi connectivity index (χ1v) is 18.8. The number of aromatic nitrogens is 8. The molecule has 4 aromatic rings. The molecule has 3 aliphatic rings. The highest BCUT2D eigenvalue weighted by molar-refractivity contribution is 7.47. The Kier molecular flexibility index (Phi) is 9.90. The molecule has 29 heteroatoms. The Bertz CT molecular complexity index is 2330. The molecule has 7 heterocycles. The van der Waals surface area contributed by atoms with Gasteiger partial charge in [-0.1, -0.05) is 0 Å². The number of carbonyl (C=O) groups excluding carboxylic acids is 1. The Morgan fingerprint density at radius 1 is 0.852 bits per heavy atom. The van der Waals surface area contributed by atoms with Crippen LogP contribution in [0.1, 0.15) is 31.7 Å². The molecular formula is C25H31N11O16P2. The van der Waals surface area contributed by atoms with E-state index in [-0.39, 0.29) is 53.5 Å². The van der Waals surface area contributed by atoms with Crippen LogP contribution in [0.3, 0.4) is 0 Å². The molecule has 3 fully saturated rings. The average Bonchev–Trinajstić information content (AvgIpc) is 3.83. The van der Waals surface area contributed by atoms with Gasteiger partial charge in [-0.3, -0.25) is 56.4 Å². The maximum atomic E-state index is 13.5. The van der Waals surface area contributed by atoms with E-state index in [1.807, 2.05) is 0 Å². The lowest BCUT2D eigenvalue weighted by molar-refractivity contribution is -0.137. The van der Waals surface area contributed by atoms with Crippen molar-refractivity contribution in [3.8, 4) is 0 Å². The van der Waals surface area contributed by atoms with E-state index in [4.69, 9.17) is 44.1 Å². The number of anilines is 2. The van der Waals surface area contributed by atoms with Gasteiger partial charge in [0.15, 0.2) is 34.8 Å². The van der Waals surface area contributed by atoms with E-state index in [2.05, 4.69) is 35.2 Å². The Morgan fingerprint density at radius 2 is 1.35 bits per heavy atom. The lowest BCUT2D eigenvalue weighted by Crippen LogP contribution is -2.48. The Hall–Kier alpha value is -4.66. The molecule has 11 N–H and O–H groups in total. The molecule has 4 unspecified atom stereocenters. The zero-order chi connectivity index (χ0) is 38.7. The number of nitrogens with zero attached hydrogens (tertiary/aromatic N) is 6. The van der Waals surface area contributed by atoms with Crippen LogP contribution >= 0.6 is 15.6 Å². The second-order valence-electron chi connectivity index (χ2n) is 12.2. The van der Waals surface area contributed by atoms with Crippen LogP contribution < -0.4 is 27.9 Å². The van der Waals surface area contributed by atoms with Crippen LogP contribution in [-0.2, 0) is 46.3 Å². The summed E-state index contributed by atoms with van der Waals surface area (Å²) in [4.78, 5) is 91.2. The number of carbonyl (C=O) groups is 2. The quantitative estimate of drug-likeness (QED) is 0.0860. The molecule has 0 saturated carbocycles. The fourth-order valence-corrected chi connectivity index (χ4v) is 8.16. The molecule has 1 amide bonds. The number of fused-ring (bicyclic) bond motifs is 4. The summed E-state index contributed by atoms with van der Waals surface area (Å²) in [6.45, 7) is -1.86. The molecule has 10 atom stereocenters. The standard InChI is InChI=1S/C25H31N11O16P2/c26-24-31-18-13(20(41)33-24)28-6-35(18)22-12(30-10(37)2-1-3-11(38)39)16-8(49-22)4-47-54(45,46)52-17-9(5-48-53(43,44)51-16)50-23(15(17)40)36-7-29-14-19(36)32-25(27)34-21(14)42/h6-9,12,15-17,22-23,40H,1-5H2,(H,30,37)(H,38,39)(H,43,44)(H,45,46)(H3,26,31,33,41)(H3,27,32,34,42)/t8-,9-,12+,15+,16?,17?,22-,23-/m1/s1. The maximum absolute atomic E-state index is 13.5. The van der Waals surface area contributed by atoms with Crippen molar-refractivity contribution in [3.05, 3.63) is 33.4 Å². The van der Waals surface area contributed by atoms with Gasteiger partial charge in [0, 0.05) is 12.8 Å². The molecule has 0 bridgehead atoms. The number of carboxylic acid groups (broad SMARTS) is 1. The number of aliphatic carboxylic acids is 1. The third-order valence-electron chi connectivity index (χ3n) is 8.54. The van der Waals surface area contributed by atoms with Gasteiger partial charge in [0.05, 0.1) is 25.9 Å². The highest BCUT2D eigenvalue weighted by atomic mass is 31.2. The number of imidazole rings is 2. The van der Waals surface area contributed by atoms with Crippen LogP contribution in [0, 0.1) is 0 Å². The van der Waals surface area contributed by atoms with Gasteiger partial charge in [-0.2, -0.15) is 9.97 Å². The predicted molar refractivity (Wildman–Crippen MR) is 174 cm³/mol. The molecule has 292 valence electrons. The minimum Gasteiger partial charge on any atom is -0.481 e. The number of aliphatic hydroxyl groups is 1. The number of nitrogens with two attached hydrogens (primary N) is 2. The van der Waals surface area contributed by atoms with E-state index in [1.54, 1.807) is 0 Å².